The molecule has 0 radical (unpaired) electrons. The second-order valence-corrected chi connectivity index (χ2v) is 5.66. The van der Waals surface area contributed by atoms with Crippen molar-refractivity contribution in [2.45, 2.75) is 38.0 Å². The molecule has 1 amide bonds. The minimum atomic E-state index is -4.74. The molecule has 1 atom stereocenters. The highest BCUT2D eigenvalue weighted by Crippen LogP contribution is 2.31. The molecule has 1 fully saturated rings. The highest BCUT2D eigenvalue weighted by Gasteiger charge is 2.56. The van der Waals surface area contributed by atoms with E-state index in [1.54, 1.807) is 0 Å². The lowest BCUT2D eigenvalue weighted by Crippen LogP contribution is -2.67. The second kappa shape index (κ2) is 4.38. The van der Waals surface area contributed by atoms with Crippen molar-refractivity contribution in [3.8, 4) is 0 Å². The molecule has 0 aliphatic carbocycles. The molecule has 0 bridgehead atoms. The van der Waals surface area contributed by atoms with Crippen LogP contribution in [-0.2, 0) is 4.79 Å². The van der Waals surface area contributed by atoms with E-state index in [4.69, 9.17) is 5.73 Å². The quantitative estimate of drug-likeness (QED) is 0.765. The van der Waals surface area contributed by atoms with E-state index in [0.29, 0.717) is 6.54 Å². The van der Waals surface area contributed by atoms with Crippen LogP contribution in [0.15, 0.2) is 0 Å². The molecule has 0 spiro atoms. The van der Waals surface area contributed by atoms with Gasteiger partial charge in [0.25, 0.3) is 5.91 Å². The molecule has 1 rings (SSSR count). The summed E-state index contributed by atoms with van der Waals surface area (Å²) in [5.41, 5.74) is 1.99. The van der Waals surface area contributed by atoms with Crippen LogP contribution < -0.4 is 5.73 Å². The van der Waals surface area contributed by atoms with Crippen LogP contribution in [0.5, 0.6) is 0 Å². The summed E-state index contributed by atoms with van der Waals surface area (Å²) in [6.45, 7) is 5.53. The van der Waals surface area contributed by atoms with Gasteiger partial charge in [-0.2, -0.15) is 13.2 Å². The van der Waals surface area contributed by atoms with Gasteiger partial charge in [-0.25, -0.2) is 0 Å². The van der Waals surface area contributed by atoms with Crippen LogP contribution in [-0.4, -0.2) is 59.6 Å². The standard InChI is InChI=1S/C11H20F3N3O/c1-9(2)7-17(6-5-16(9)4)8(18)10(3,15)11(12,13)14/h5-7,15H2,1-4H3. The summed E-state index contributed by atoms with van der Waals surface area (Å²) >= 11 is 0. The summed E-state index contributed by atoms with van der Waals surface area (Å²) in [4.78, 5) is 15.1. The number of likely N-dealkylation sites (N-methyl/N-ethyl adjacent to an activating group) is 1. The van der Waals surface area contributed by atoms with Gasteiger partial charge in [0.2, 0.25) is 0 Å². The highest BCUT2D eigenvalue weighted by atomic mass is 19.4. The molecule has 1 unspecified atom stereocenters. The zero-order valence-electron chi connectivity index (χ0n) is 11.1. The molecule has 106 valence electrons. The molecule has 2 N–H and O–H groups in total. The third-order valence-electron chi connectivity index (χ3n) is 3.64. The van der Waals surface area contributed by atoms with Crippen molar-refractivity contribution < 1.29 is 18.0 Å². The van der Waals surface area contributed by atoms with Crippen LogP contribution in [0.2, 0.25) is 0 Å². The van der Waals surface area contributed by atoms with Crippen molar-refractivity contribution >= 4 is 5.91 Å². The number of carbonyl (C=O) groups excluding carboxylic acids is 1. The van der Waals surface area contributed by atoms with Gasteiger partial charge in [0.1, 0.15) is 0 Å². The normalized spacial score (nSPS) is 24.8. The fourth-order valence-corrected chi connectivity index (χ4v) is 1.86. The maximum absolute atomic E-state index is 12.7. The lowest BCUT2D eigenvalue weighted by Gasteiger charge is -2.47. The Hall–Kier alpha value is -0.820. The zero-order chi connectivity index (χ0) is 14.4. The van der Waals surface area contributed by atoms with Crippen molar-refractivity contribution in [1.82, 2.24) is 9.80 Å². The lowest BCUT2D eigenvalue weighted by molar-refractivity contribution is -0.195. The Morgan fingerprint density at radius 1 is 1.28 bits per heavy atom. The van der Waals surface area contributed by atoms with Gasteiger partial charge in [0, 0.05) is 25.2 Å². The number of hydrogen-bond donors (Lipinski definition) is 1. The van der Waals surface area contributed by atoms with E-state index in [2.05, 4.69) is 0 Å². The molecular weight excluding hydrogens is 247 g/mol. The first-order chi connectivity index (χ1) is 7.89. The number of nitrogens with two attached hydrogens (primary N) is 1. The maximum Gasteiger partial charge on any atom is 0.415 e. The zero-order valence-corrected chi connectivity index (χ0v) is 11.1. The van der Waals surface area contributed by atoms with E-state index in [1.807, 2.05) is 25.8 Å². The van der Waals surface area contributed by atoms with E-state index < -0.39 is 17.6 Å². The topological polar surface area (TPSA) is 49.6 Å². The summed E-state index contributed by atoms with van der Waals surface area (Å²) < 4.78 is 38.2. The number of alkyl halides is 3. The minimum Gasteiger partial charge on any atom is -0.338 e. The van der Waals surface area contributed by atoms with E-state index in [-0.39, 0.29) is 18.6 Å². The largest absolute Gasteiger partial charge is 0.415 e. The fraction of sp³-hybridized carbons (Fsp3) is 0.909. The number of amides is 1. The lowest BCUT2D eigenvalue weighted by atomic mass is 9.95. The molecule has 0 aromatic rings. The predicted molar refractivity (Wildman–Crippen MR) is 61.9 cm³/mol. The molecule has 1 aliphatic rings. The van der Waals surface area contributed by atoms with Crippen molar-refractivity contribution in [2.24, 2.45) is 5.73 Å². The number of piperazine rings is 1. The summed E-state index contributed by atoms with van der Waals surface area (Å²) in [6.07, 6.45) is -4.74. The Kier molecular flexibility index (Phi) is 3.71. The first-order valence-electron chi connectivity index (χ1n) is 5.76. The number of nitrogens with zero attached hydrogens (tertiary/aromatic N) is 2. The van der Waals surface area contributed by atoms with Crippen molar-refractivity contribution in [2.75, 3.05) is 26.7 Å². The van der Waals surface area contributed by atoms with Crippen molar-refractivity contribution in [1.29, 1.82) is 0 Å². The molecule has 0 aromatic heterocycles. The van der Waals surface area contributed by atoms with Gasteiger partial charge >= 0.3 is 6.18 Å². The molecule has 18 heavy (non-hydrogen) atoms. The molecule has 0 aromatic carbocycles. The highest BCUT2D eigenvalue weighted by molar-refractivity contribution is 5.86. The third kappa shape index (κ3) is 2.61. The summed E-state index contributed by atoms with van der Waals surface area (Å²) in [7, 11) is 1.88. The number of rotatable bonds is 1. The SMILES string of the molecule is CN1CCN(C(=O)C(C)(N)C(F)(F)F)CC1(C)C. The van der Waals surface area contributed by atoms with Gasteiger partial charge in [-0.05, 0) is 27.8 Å². The smallest absolute Gasteiger partial charge is 0.338 e. The van der Waals surface area contributed by atoms with Crippen LogP contribution in [0.25, 0.3) is 0 Å². The summed E-state index contributed by atoms with van der Waals surface area (Å²) in [5, 5.41) is 0. The van der Waals surface area contributed by atoms with Gasteiger partial charge in [0.05, 0.1) is 0 Å². The first-order valence-corrected chi connectivity index (χ1v) is 5.76. The molecule has 1 heterocycles. The van der Waals surface area contributed by atoms with Crippen LogP contribution >= 0.6 is 0 Å². The van der Waals surface area contributed by atoms with E-state index >= 15 is 0 Å². The summed E-state index contributed by atoms with van der Waals surface area (Å²) in [6, 6.07) is 0. The first kappa shape index (κ1) is 15.2. The molecule has 1 saturated heterocycles. The van der Waals surface area contributed by atoms with Crippen LogP contribution in [0.1, 0.15) is 20.8 Å². The molecule has 0 saturated carbocycles. The Morgan fingerprint density at radius 2 is 1.78 bits per heavy atom. The van der Waals surface area contributed by atoms with Crippen molar-refractivity contribution in [3.63, 3.8) is 0 Å². The molecular formula is C11H20F3N3O. The second-order valence-electron chi connectivity index (χ2n) is 5.66. The maximum atomic E-state index is 12.7. The van der Waals surface area contributed by atoms with Gasteiger partial charge in [-0.15, -0.1) is 0 Å². The Balaban J connectivity index is 2.87. The van der Waals surface area contributed by atoms with Crippen molar-refractivity contribution in [3.05, 3.63) is 0 Å². The molecule has 4 nitrogen and oxygen atoms in total. The average molecular weight is 267 g/mol. The average Bonchev–Trinajstić information content (AvgIpc) is 2.19. The summed E-state index contributed by atoms with van der Waals surface area (Å²) in [5.74, 6) is -1.06. The minimum absolute atomic E-state index is 0.241. The fourth-order valence-electron chi connectivity index (χ4n) is 1.86. The number of carbonyl (C=O) groups is 1. The Bertz CT molecular complexity index is 339. The van der Waals surface area contributed by atoms with E-state index in [0.717, 1.165) is 6.92 Å². The van der Waals surface area contributed by atoms with Crippen LogP contribution in [0.3, 0.4) is 0 Å². The van der Waals surface area contributed by atoms with Gasteiger partial charge in [-0.1, -0.05) is 0 Å². The number of hydrogen-bond acceptors (Lipinski definition) is 3. The van der Waals surface area contributed by atoms with Crippen LogP contribution in [0.4, 0.5) is 13.2 Å². The number of halogens is 3. The monoisotopic (exact) mass is 267 g/mol. The van der Waals surface area contributed by atoms with Gasteiger partial charge < -0.3 is 10.6 Å². The van der Waals surface area contributed by atoms with Crippen LogP contribution in [0, 0.1) is 0 Å². The molecule has 1 aliphatic heterocycles. The van der Waals surface area contributed by atoms with E-state index in [1.165, 1.54) is 4.90 Å². The predicted octanol–water partition coefficient (Wildman–Crippen LogP) is 0.819. The molecule has 7 heteroatoms. The third-order valence-corrected chi connectivity index (χ3v) is 3.64. The van der Waals surface area contributed by atoms with Gasteiger partial charge in [0.15, 0.2) is 5.54 Å². The van der Waals surface area contributed by atoms with E-state index in [9.17, 15) is 18.0 Å². The Labute approximate surface area is 105 Å². The Morgan fingerprint density at radius 3 is 2.17 bits per heavy atom. The van der Waals surface area contributed by atoms with Gasteiger partial charge in [-0.3, -0.25) is 9.69 Å².